The van der Waals surface area contributed by atoms with E-state index in [0.29, 0.717) is 5.69 Å². The Hall–Kier alpha value is -3.00. The van der Waals surface area contributed by atoms with Crippen LogP contribution in [0.15, 0.2) is 48.5 Å². The molecule has 5 nitrogen and oxygen atoms in total. The first kappa shape index (κ1) is 21.7. The van der Waals surface area contributed by atoms with Crippen molar-refractivity contribution in [1.82, 2.24) is 15.0 Å². The van der Waals surface area contributed by atoms with Gasteiger partial charge in [0.2, 0.25) is 11.9 Å². The number of carboxylic acids is 1. The van der Waals surface area contributed by atoms with E-state index in [0.717, 1.165) is 16.7 Å². The maximum absolute atomic E-state index is 14.3. The summed E-state index contributed by atoms with van der Waals surface area (Å²) in [5.41, 5.74) is 0.711. The highest BCUT2D eigenvalue weighted by Crippen LogP contribution is 2.32. The van der Waals surface area contributed by atoms with E-state index in [2.05, 4.69) is 37.7 Å². The van der Waals surface area contributed by atoms with Gasteiger partial charge in [-0.2, -0.15) is 13.8 Å². The highest BCUT2D eigenvalue weighted by molar-refractivity contribution is 7.03. The number of rotatable bonds is 6. The van der Waals surface area contributed by atoms with Gasteiger partial charge in [-0.15, -0.1) is 0 Å². The van der Waals surface area contributed by atoms with Crippen LogP contribution in [0.4, 0.5) is 8.78 Å². The third-order valence-corrected chi connectivity index (χ3v) is 11.4. The van der Waals surface area contributed by atoms with Crippen LogP contribution >= 0.6 is 0 Å². The first-order valence-corrected chi connectivity index (χ1v) is 11.8. The maximum Gasteiger partial charge on any atom is 0.354 e. The van der Waals surface area contributed by atoms with Crippen molar-refractivity contribution >= 4 is 24.7 Å². The predicted octanol–water partition coefficient (Wildman–Crippen LogP) is 3.90. The smallest absolute Gasteiger partial charge is 0.354 e. The van der Waals surface area contributed by atoms with E-state index in [9.17, 15) is 18.7 Å². The fourth-order valence-electron chi connectivity index (χ4n) is 4.18. The zero-order chi connectivity index (χ0) is 22.1. The molecular weight excluding hydrogens is 404 g/mol. The van der Waals surface area contributed by atoms with Crippen LogP contribution in [0.25, 0.3) is 11.3 Å². The Morgan fingerprint density at radius 1 is 0.867 bits per heavy atom. The number of aromatic nitrogens is 3. The number of pyridine rings is 3. The molecule has 0 aromatic carbocycles. The molecule has 0 atom stereocenters. The minimum absolute atomic E-state index is 0.0180. The zero-order valence-corrected chi connectivity index (χ0v) is 18.2. The molecule has 156 valence electrons. The largest absolute Gasteiger partial charge is 0.477 e. The van der Waals surface area contributed by atoms with Crippen molar-refractivity contribution in [3.63, 3.8) is 0 Å². The van der Waals surface area contributed by atoms with Crippen molar-refractivity contribution in [3.8, 4) is 11.3 Å². The summed E-state index contributed by atoms with van der Waals surface area (Å²) in [5, 5.41) is 10.9. The minimum Gasteiger partial charge on any atom is -0.477 e. The Morgan fingerprint density at radius 2 is 1.47 bits per heavy atom. The van der Waals surface area contributed by atoms with Gasteiger partial charge in [0.1, 0.15) is 5.69 Å². The fraction of sp³-hybridized carbons (Fsp3) is 0.273. The molecule has 0 aliphatic carbocycles. The molecule has 0 bridgehead atoms. The van der Waals surface area contributed by atoms with Crippen molar-refractivity contribution in [3.05, 3.63) is 66.1 Å². The summed E-state index contributed by atoms with van der Waals surface area (Å²) in [6.07, 6.45) is 0. The summed E-state index contributed by atoms with van der Waals surface area (Å²) < 4.78 is 27.5. The first-order chi connectivity index (χ1) is 14.2. The standard InChI is InChI=1S/C22H23F2N3O2Si/c1-13(2)30(14(3)4,20-10-6-8-17(26-20)22(28)29)19-9-5-7-16(25-19)15-11-12-18(23)27-21(15)24/h5-14H,1-4H3,(H,28,29). The summed E-state index contributed by atoms with van der Waals surface area (Å²) in [4.78, 5) is 24.0. The molecule has 0 radical (unpaired) electrons. The van der Waals surface area contributed by atoms with Crippen LogP contribution in [0.3, 0.4) is 0 Å². The molecule has 1 N–H and O–H groups in total. The van der Waals surface area contributed by atoms with Crippen LogP contribution in [0.2, 0.25) is 11.1 Å². The molecule has 0 amide bonds. The molecule has 0 spiro atoms. The maximum atomic E-state index is 14.3. The summed E-state index contributed by atoms with van der Waals surface area (Å²) in [6, 6.07) is 12.8. The van der Waals surface area contributed by atoms with Gasteiger partial charge in [-0.1, -0.05) is 39.8 Å². The quantitative estimate of drug-likeness (QED) is 0.477. The average molecular weight is 428 g/mol. The van der Waals surface area contributed by atoms with Crippen molar-refractivity contribution in [2.75, 3.05) is 0 Å². The zero-order valence-electron chi connectivity index (χ0n) is 17.2. The summed E-state index contributed by atoms with van der Waals surface area (Å²) >= 11 is 0. The number of aromatic carboxylic acids is 1. The minimum atomic E-state index is -2.67. The third-order valence-electron chi connectivity index (χ3n) is 5.48. The third kappa shape index (κ3) is 3.75. The molecule has 0 saturated carbocycles. The lowest BCUT2D eigenvalue weighted by atomic mass is 10.2. The number of halogens is 2. The number of hydrogen-bond donors (Lipinski definition) is 1. The van der Waals surface area contributed by atoms with Gasteiger partial charge in [-0.25, -0.2) is 4.79 Å². The number of carboxylic acid groups (broad SMARTS) is 1. The first-order valence-electron chi connectivity index (χ1n) is 9.68. The summed E-state index contributed by atoms with van der Waals surface area (Å²) in [7, 11) is -2.67. The van der Waals surface area contributed by atoms with Crippen LogP contribution in [0.1, 0.15) is 38.2 Å². The Balaban J connectivity index is 2.26. The van der Waals surface area contributed by atoms with E-state index >= 15 is 0 Å². The summed E-state index contributed by atoms with van der Waals surface area (Å²) in [5.74, 6) is -2.91. The van der Waals surface area contributed by atoms with E-state index in [1.165, 1.54) is 12.1 Å². The lowest BCUT2D eigenvalue weighted by Crippen LogP contribution is -2.65. The Labute approximate surface area is 174 Å². The number of hydrogen-bond acceptors (Lipinski definition) is 4. The lowest BCUT2D eigenvalue weighted by molar-refractivity contribution is 0.0690. The Kier molecular flexibility index (Phi) is 6.07. The molecule has 0 fully saturated rings. The lowest BCUT2D eigenvalue weighted by Gasteiger charge is -2.38. The van der Waals surface area contributed by atoms with Gasteiger partial charge in [0, 0.05) is 10.6 Å². The molecule has 3 aromatic rings. The molecule has 3 aromatic heterocycles. The molecule has 30 heavy (non-hydrogen) atoms. The van der Waals surface area contributed by atoms with E-state index in [-0.39, 0.29) is 22.3 Å². The Morgan fingerprint density at radius 3 is 2.03 bits per heavy atom. The van der Waals surface area contributed by atoms with Crippen molar-refractivity contribution in [1.29, 1.82) is 0 Å². The van der Waals surface area contributed by atoms with E-state index in [4.69, 9.17) is 4.98 Å². The molecule has 3 heterocycles. The second kappa shape index (κ2) is 8.39. The SMILES string of the molecule is CC(C)[Si](c1cccc(C(=O)O)n1)(c1cccc(-c2ccc(F)nc2F)n1)C(C)C. The molecule has 8 heteroatoms. The van der Waals surface area contributed by atoms with Crippen LogP contribution in [-0.4, -0.2) is 34.1 Å². The second-order valence-corrected chi connectivity index (χ2v) is 12.8. The molecule has 0 saturated heterocycles. The molecule has 0 aliphatic rings. The van der Waals surface area contributed by atoms with Crippen LogP contribution in [0.5, 0.6) is 0 Å². The van der Waals surface area contributed by atoms with Gasteiger partial charge in [-0.3, -0.25) is 9.97 Å². The van der Waals surface area contributed by atoms with Crippen molar-refractivity contribution in [2.24, 2.45) is 0 Å². The Bertz CT molecular complexity index is 1080. The van der Waals surface area contributed by atoms with Gasteiger partial charge < -0.3 is 5.11 Å². The van der Waals surface area contributed by atoms with E-state index in [1.807, 2.05) is 12.1 Å². The van der Waals surface area contributed by atoms with Gasteiger partial charge >= 0.3 is 5.97 Å². The van der Waals surface area contributed by atoms with Gasteiger partial charge in [0.25, 0.3) is 0 Å². The predicted molar refractivity (Wildman–Crippen MR) is 114 cm³/mol. The monoisotopic (exact) mass is 427 g/mol. The topological polar surface area (TPSA) is 76.0 Å². The highest BCUT2D eigenvalue weighted by atomic mass is 28.3. The van der Waals surface area contributed by atoms with Crippen LogP contribution in [-0.2, 0) is 0 Å². The van der Waals surface area contributed by atoms with Gasteiger partial charge in [0.05, 0.1) is 11.3 Å². The van der Waals surface area contributed by atoms with Crippen molar-refractivity contribution in [2.45, 2.75) is 38.8 Å². The fourth-order valence-corrected chi connectivity index (χ4v) is 9.50. The molecule has 3 rings (SSSR count). The van der Waals surface area contributed by atoms with Crippen LogP contribution < -0.4 is 10.6 Å². The second-order valence-electron chi connectivity index (χ2n) is 7.77. The molecule has 0 aliphatic heterocycles. The number of nitrogens with zero attached hydrogens (tertiary/aromatic N) is 3. The van der Waals surface area contributed by atoms with Crippen molar-refractivity contribution < 1.29 is 18.7 Å². The van der Waals surface area contributed by atoms with Gasteiger partial charge in [0.15, 0.2) is 8.07 Å². The average Bonchev–Trinajstić information content (AvgIpc) is 2.68. The number of carbonyl (C=O) groups is 1. The van der Waals surface area contributed by atoms with E-state index < -0.39 is 25.9 Å². The summed E-state index contributed by atoms with van der Waals surface area (Å²) in [6.45, 7) is 8.32. The van der Waals surface area contributed by atoms with Gasteiger partial charge in [-0.05, 0) is 47.5 Å². The van der Waals surface area contributed by atoms with Crippen LogP contribution in [0, 0.1) is 11.9 Å². The highest BCUT2D eigenvalue weighted by Gasteiger charge is 2.46. The normalized spacial score (nSPS) is 11.9. The van der Waals surface area contributed by atoms with E-state index in [1.54, 1.807) is 18.2 Å². The molecular formula is C22H23F2N3O2Si. The molecule has 0 unspecified atom stereocenters.